The van der Waals surface area contributed by atoms with E-state index in [-0.39, 0.29) is 17.8 Å². The normalized spacial score (nSPS) is 18.2. The first-order valence-electron chi connectivity index (χ1n) is 9.22. The van der Waals surface area contributed by atoms with E-state index in [9.17, 15) is 4.39 Å². The minimum absolute atomic E-state index is 0.259. The lowest BCUT2D eigenvalue weighted by Gasteiger charge is -2.31. The molecule has 9 heteroatoms. The first-order chi connectivity index (χ1) is 14.5. The van der Waals surface area contributed by atoms with Crippen LogP contribution in [0.15, 0.2) is 66.0 Å². The van der Waals surface area contributed by atoms with Crippen molar-refractivity contribution >= 4 is 34.7 Å². The molecule has 150 valence electrons. The molecule has 0 fully saturated rings. The second kappa shape index (κ2) is 7.34. The van der Waals surface area contributed by atoms with Gasteiger partial charge in [0.25, 0.3) is 0 Å². The summed E-state index contributed by atoms with van der Waals surface area (Å²) in [6.45, 7) is 1.95. The Bertz CT molecular complexity index is 1260. The molecule has 1 aliphatic rings. The lowest BCUT2D eigenvalue weighted by atomic mass is 9.87. The fourth-order valence-corrected chi connectivity index (χ4v) is 4.14. The number of aromatic nitrogens is 5. The molecule has 30 heavy (non-hydrogen) atoms. The molecule has 0 aliphatic carbocycles. The number of aliphatic imine (C=N–C) groups is 1. The molecular weight excluding hydrogens is 426 g/mol. The van der Waals surface area contributed by atoms with Crippen molar-refractivity contribution in [2.75, 3.05) is 0 Å². The van der Waals surface area contributed by atoms with Gasteiger partial charge in [-0.2, -0.15) is 10.2 Å². The van der Waals surface area contributed by atoms with E-state index in [0.29, 0.717) is 21.6 Å². The molecule has 1 unspecified atom stereocenters. The Morgan fingerprint density at radius 3 is 2.53 bits per heavy atom. The molecule has 2 aromatic carbocycles. The van der Waals surface area contributed by atoms with Crippen LogP contribution in [0.4, 0.5) is 10.2 Å². The summed E-state index contributed by atoms with van der Waals surface area (Å²) in [5, 5.41) is 9.82. The van der Waals surface area contributed by atoms with Gasteiger partial charge in [0.2, 0.25) is 0 Å². The molecule has 0 saturated heterocycles. The molecule has 1 aliphatic heterocycles. The van der Waals surface area contributed by atoms with Gasteiger partial charge in [-0.15, -0.1) is 0 Å². The van der Waals surface area contributed by atoms with Gasteiger partial charge in [-0.1, -0.05) is 29.3 Å². The summed E-state index contributed by atoms with van der Waals surface area (Å²) in [7, 11) is 0. The summed E-state index contributed by atoms with van der Waals surface area (Å²) < 4.78 is 17.0. The maximum Gasteiger partial charge on any atom is 0.150 e. The maximum atomic E-state index is 13.4. The van der Waals surface area contributed by atoms with Crippen LogP contribution in [0.1, 0.15) is 30.3 Å². The molecule has 0 N–H and O–H groups in total. The van der Waals surface area contributed by atoms with Crippen molar-refractivity contribution in [3.63, 3.8) is 0 Å². The number of rotatable bonds is 3. The Kier molecular flexibility index (Phi) is 4.64. The third-order valence-electron chi connectivity index (χ3n) is 5.18. The highest BCUT2D eigenvalue weighted by Gasteiger charge is 2.37. The third kappa shape index (κ3) is 3.11. The van der Waals surface area contributed by atoms with Crippen molar-refractivity contribution in [1.82, 2.24) is 24.5 Å². The van der Waals surface area contributed by atoms with Crippen LogP contribution in [0.5, 0.6) is 0 Å². The van der Waals surface area contributed by atoms with Gasteiger partial charge in [0.1, 0.15) is 18.0 Å². The van der Waals surface area contributed by atoms with Crippen molar-refractivity contribution in [2.24, 2.45) is 4.99 Å². The van der Waals surface area contributed by atoms with E-state index in [1.54, 1.807) is 29.1 Å². The van der Waals surface area contributed by atoms with E-state index in [4.69, 9.17) is 28.2 Å². The van der Waals surface area contributed by atoms with Crippen LogP contribution in [0.25, 0.3) is 5.69 Å². The van der Waals surface area contributed by atoms with E-state index >= 15 is 0 Å². The Balaban J connectivity index is 1.69. The van der Waals surface area contributed by atoms with Crippen LogP contribution >= 0.6 is 23.2 Å². The molecule has 4 aromatic rings. The minimum atomic E-state index is -0.314. The van der Waals surface area contributed by atoms with E-state index in [0.717, 1.165) is 17.1 Å². The molecule has 2 aromatic heterocycles. The number of halogens is 3. The van der Waals surface area contributed by atoms with Crippen LogP contribution < -0.4 is 0 Å². The highest BCUT2D eigenvalue weighted by molar-refractivity contribution is 6.42. The van der Waals surface area contributed by atoms with Crippen molar-refractivity contribution in [3.8, 4) is 5.69 Å². The zero-order chi connectivity index (χ0) is 20.8. The fraction of sp³-hybridized carbons (Fsp3) is 0.143. The topological polar surface area (TPSA) is 60.9 Å². The van der Waals surface area contributed by atoms with E-state index in [1.807, 2.05) is 29.8 Å². The number of benzene rings is 2. The van der Waals surface area contributed by atoms with Gasteiger partial charge in [-0.25, -0.2) is 23.7 Å². The summed E-state index contributed by atoms with van der Waals surface area (Å²) in [6, 6.07) is 13.2. The second-order valence-corrected chi connectivity index (χ2v) is 7.80. The molecular formula is C21H15Cl2FN6. The van der Waals surface area contributed by atoms with Gasteiger partial charge in [-0.3, -0.25) is 0 Å². The Morgan fingerprint density at radius 2 is 1.77 bits per heavy atom. The molecule has 2 atom stereocenters. The van der Waals surface area contributed by atoms with Gasteiger partial charge >= 0.3 is 0 Å². The average Bonchev–Trinajstić information content (AvgIpc) is 3.39. The SMILES string of the molecule is CC1=Nc2ccnn2[C@H](c2ccc(Cl)c(Cl)c2)C1c1ncnn1-c1ccc(F)cc1. The summed E-state index contributed by atoms with van der Waals surface area (Å²) in [5.74, 6) is 0.820. The van der Waals surface area contributed by atoms with E-state index < -0.39 is 0 Å². The molecule has 0 amide bonds. The summed E-state index contributed by atoms with van der Waals surface area (Å²) in [5.41, 5.74) is 2.48. The van der Waals surface area contributed by atoms with Crippen molar-refractivity contribution in [3.05, 3.63) is 88.3 Å². The maximum absolute atomic E-state index is 13.4. The van der Waals surface area contributed by atoms with E-state index in [2.05, 4.69) is 15.2 Å². The Morgan fingerprint density at radius 1 is 0.967 bits per heavy atom. The molecule has 0 saturated carbocycles. The molecule has 0 radical (unpaired) electrons. The predicted octanol–water partition coefficient (Wildman–Crippen LogP) is 5.39. The smallest absolute Gasteiger partial charge is 0.150 e. The first-order valence-corrected chi connectivity index (χ1v) is 9.98. The molecule has 0 spiro atoms. The number of hydrogen-bond donors (Lipinski definition) is 0. The first kappa shape index (κ1) is 19.0. The Labute approximate surface area is 181 Å². The van der Waals surface area contributed by atoms with Crippen LogP contribution in [0, 0.1) is 5.82 Å². The standard InChI is InChI=1S/C21H15Cl2FN6/c1-12-19(21-25-11-27-29(21)15-5-3-14(24)4-6-15)20(30-18(28-12)8-9-26-30)13-2-7-16(22)17(23)10-13/h2-11,19-20H,1H3/t19?,20-/m1/s1. The third-order valence-corrected chi connectivity index (χ3v) is 5.92. The molecule has 6 nitrogen and oxygen atoms in total. The number of nitrogens with zero attached hydrogens (tertiary/aromatic N) is 6. The summed E-state index contributed by atoms with van der Waals surface area (Å²) >= 11 is 12.5. The van der Waals surface area contributed by atoms with Crippen LogP contribution in [-0.2, 0) is 0 Å². The van der Waals surface area contributed by atoms with E-state index in [1.165, 1.54) is 18.5 Å². The fourth-order valence-electron chi connectivity index (χ4n) is 3.83. The lowest BCUT2D eigenvalue weighted by Crippen LogP contribution is -2.30. The van der Waals surface area contributed by atoms with Gasteiger partial charge < -0.3 is 0 Å². The van der Waals surface area contributed by atoms with Crippen LogP contribution in [0.3, 0.4) is 0 Å². The van der Waals surface area contributed by atoms with Crippen molar-refractivity contribution in [1.29, 1.82) is 0 Å². The number of hydrogen-bond acceptors (Lipinski definition) is 4. The van der Waals surface area contributed by atoms with Gasteiger partial charge in [0.15, 0.2) is 5.82 Å². The lowest BCUT2D eigenvalue weighted by molar-refractivity contribution is 0.470. The Hall–Kier alpha value is -3.03. The van der Waals surface area contributed by atoms with Crippen molar-refractivity contribution in [2.45, 2.75) is 18.9 Å². The quantitative estimate of drug-likeness (QED) is 0.429. The van der Waals surface area contributed by atoms with Gasteiger partial charge in [-0.05, 0) is 48.9 Å². The average molecular weight is 441 g/mol. The predicted molar refractivity (Wildman–Crippen MR) is 114 cm³/mol. The van der Waals surface area contributed by atoms with Crippen LogP contribution in [0.2, 0.25) is 10.0 Å². The van der Waals surface area contributed by atoms with Gasteiger partial charge in [0.05, 0.1) is 33.9 Å². The monoisotopic (exact) mass is 440 g/mol. The summed E-state index contributed by atoms with van der Waals surface area (Å²) in [6.07, 6.45) is 3.19. The zero-order valence-electron chi connectivity index (χ0n) is 15.7. The largest absolute Gasteiger partial charge is 0.239 e. The molecule has 3 heterocycles. The molecule has 5 rings (SSSR count). The van der Waals surface area contributed by atoms with Gasteiger partial charge in [0, 0.05) is 11.8 Å². The highest BCUT2D eigenvalue weighted by atomic mass is 35.5. The second-order valence-electron chi connectivity index (χ2n) is 6.99. The molecule has 0 bridgehead atoms. The van der Waals surface area contributed by atoms with Crippen molar-refractivity contribution < 1.29 is 4.39 Å². The zero-order valence-corrected chi connectivity index (χ0v) is 17.3. The highest BCUT2D eigenvalue weighted by Crippen LogP contribution is 2.42. The number of fused-ring (bicyclic) bond motifs is 1. The minimum Gasteiger partial charge on any atom is -0.239 e. The van der Waals surface area contributed by atoms with Crippen LogP contribution in [-0.4, -0.2) is 30.3 Å². The summed E-state index contributed by atoms with van der Waals surface area (Å²) in [4.78, 5) is 9.26.